The molecule has 116 valence electrons. The van der Waals surface area contributed by atoms with Crippen molar-refractivity contribution in [2.45, 2.75) is 62.6 Å². The van der Waals surface area contributed by atoms with E-state index in [1.807, 2.05) is 12.1 Å². The molecule has 0 bridgehead atoms. The first kappa shape index (κ1) is 14.8. The van der Waals surface area contributed by atoms with Gasteiger partial charge in [0.1, 0.15) is 0 Å². The Bertz CT molecular complexity index is 506. The number of nitrogens with zero attached hydrogens (tertiary/aromatic N) is 1. The zero-order valence-electron chi connectivity index (χ0n) is 11.9. The predicted molar refractivity (Wildman–Crippen MR) is 72.9 cm³/mol. The molecule has 2 aliphatic rings. The maximum absolute atomic E-state index is 12.8. The van der Waals surface area contributed by atoms with Crippen molar-refractivity contribution in [3.63, 3.8) is 0 Å². The first-order chi connectivity index (χ1) is 9.90. The molecular weight excluding hydrogens is 279 g/mol. The van der Waals surface area contributed by atoms with Crippen molar-refractivity contribution < 1.29 is 18.3 Å². The zero-order valence-corrected chi connectivity index (χ0v) is 11.9. The molecule has 21 heavy (non-hydrogen) atoms. The summed E-state index contributed by atoms with van der Waals surface area (Å²) in [6.45, 7) is 0. The van der Waals surface area contributed by atoms with Gasteiger partial charge in [0.05, 0.1) is 11.5 Å². The van der Waals surface area contributed by atoms with Gasteiger partial charge in [-0.1, -0.05) is 6.07 Å². The molecule has 1 N–H and O–H groups in total. The molecule has 0 saturated heterocycles. The number of aliphatic hydroxyl groups is 1. The fourth-order valence-corrected chi connectivity index (χ4v) is 3.93. The van der Waals surface area contributed by atoms with Gasteiger partial charge in [-0.05, 0) is 56.6 Å². The summed E-state index contributed by atoms with van der Waals surface area (Å²) in [6, 6.07) is 3.89. The van der Waals surface area contributed by atoms with Crippen LogP contribution in [0.25, 0.3) is 0 Å². The molecule has 1 saturated carbocycles. The number of pyridine rings is 1. The van der Waals surface area contributed by atoms with E-state index in [4.69, 9.17) is 0 Å². The Labute approximate surface area is 122 Å². The van der Waals surface area contributed by atoms with Crippen LogP contribution in [0.2, 0.25) is 0 Å². The van der Waals surface area contributed by atoms with Crippen LogP contribution in [0.1, 0.15) is 55.7 Å². The van der Waals surface area contributed by atoms with Gasteiger partial charge in [-0.2, -0.15) is 13.2 Å². The number of aryl methyl sites for hydroxylation is 1. The third-order valence-electron chi connectivity index (χ3n) is 5.16. The molecular formula is C16H20F3NO. The molecule has 1 heterocycles. The van der Waals surface area contributed by atoms with Crippen LogP contribution in [-0.2, 0) is 6.42 Å². The van der Waals surface area contributed by atoms with Crippen molar-refractivity contribution in [1.29, 1.82) is 0 Å². The van der Waals surface area contributed by atoms with Gasteiger partial charge < -0.3 is 5.11 Å². The lowest BCUT2D eigenvalue weighted by molar-refractivity contribution is -0.194. The van der Waals surface area contributed by atoms with Crippen molar-refractivity contribution in [3.05, 3.63) is 29.6 Å². The summed E-state index contributed by atoms with van der Waals surface area (Å²) in [7, 11) is 0. The number of hydrogen-bond acceptors (Lipinski definition) is 2. The number of rotatable bonds is 1. The second-order valence-electron chi connectivity index (χ2n) is 6.41. The second-order valence-corrected chi connectivity index (χ2v) is 6.41. The fraction of sp³-hybridized carbons (Fsp3) is 0.688. The van der Waals surface area contributed by atoms with Crippen LogP contribution >= 0.6 is 0 Å². The highest BCUT2D eigenvalue weighted by Gasteiger charge is 2.49. The van der Waals surface area contributed by atoms with Gasteiger partial charge in [-0.25, -0.2) is 0 Å². The van der Waals surface area contributed by atoms with Crippen LogP contribution in [0.4, 0.5) is 13.2 Å². The standard InChI is InChI=1S/C16H20F3NO/c17-16(18,19)12-6-8-15(21,9-7-12)13-5-1-3-11-4-2-10-20-14(11)13/h2,4,10,12-13,21H,1,3,5-9H2. The topological polar surface area (TPSA) is 33.1 Å². The van der Waals surface area contributed by atoms with Crippen LogP contribution < -0.4 is 0 Å². The van der Waals surface area contributed by atoms with Crippen molar-refractivity contribution in [2.24, 2.45) is 5.92 Å². The lowest BCUT2D eigenvalue weighted by Crippen LogP contribution is -2.44. The number of hydrogen-bond donors (Lipinski definition) is 1. The Morgan fingerprint density at radius 1 is 1.19 bits per heavy atom. The van der Waals surface area contributed by atoms with E-state index in [2.05, 4.69) is 4.98 Å². The summed E-state index contributed by atoms with van der Waals surface area (Å²) in [6.07, 6.45) is 0.797. The third kappa shape index (κ3) is 2.80. The lowest BCUT2D eigenvalue weighted by Gasteiger charge is -2.43. The largest absolute Gasteiger partial charge is 0.391 e. The third-order valence-corrected chi connectivity index (χ3v) is 5.16. The highest BCUT2D eigenvalue weighted by atomic mass is 19.4. The summed E-state index contributed by atoms with van der Waals surface area (Å²) in [5.41, 5.74) is 1.02. The summed E-state index contributed by atoms with van der Waals surface area (Å²) in [4.78, 5) is 4.41. The Balaban J connectivity index is 1.79. The molecule has 2 aliphatic carbocycles. The van der Waals surface area contributed by atoms with Gasteiger partial charge in [0.25, 0.3) is 0 Å². The van der Waals surface area contributed by atoms with Crippen molar-refractivity contribution in [3.8, 4) is 0 Å². The molecule has 1 aromatic heterocycles. The predicted octanol–water partition coefficient (Wildman–Crippen LogP) is 3.99. The van der Waals surface area contributed by atoms with Gasteiger partial charge in [0, 0.05) is 17.8 Å². The molecule has 0 amide bonds. The SMILES string of the molecule is OC1(C2CCCc3cccnc32)CCC(C(F)(F)F)CC1. The molecule has 0 aromatic carbocycles. The quantitative estimate of drug-likeness (QED) is 0.850. The maximum atomic E-state index is 12.8. The smallest absolute Gasteiger partial charge is 0.389 e. The molecule has 1 fully saturated rings. The molecule has 5 heteroatoms. The summed E-state index contributed by atoms with van der Waals surface area (Å²) in [5.74, 6) is -1.37. The van der Waals surface area contributed by atoms with E-state index in [0.29, 0.717) is 0 Å². The normalized spacial score (nSPS) is 33.5. The minimum absolute atomic E-state index is 0.0265. The van der Waals surface area contributed by atoms with Crippen LogP contribution in [0.15, 0.2) is 18.3 Å². The van der Waals surface area contributed by atoms with E-state index < -0.39 is 17.7 Å². The van der Waals surface area contributed by atoms with Crippen LogP contribution in [0, 0.1) is 5.92 Å². The second kappa shape index (κ2) is 5.27. The van der Waals surface area contributed by atoms with Crippen LogP contribution in [-0.4, -0.2) is 21.9 Å². The Kier molecular flexibility index (Phi) is 3.72. The molecule has 0 spiro atoms. The first-order valence-electron chi connectivity index (χ1n) is 7.63. The lowest BCUT2D eigenvalue weighted by atomic mass is 9.67. The fourth-order valence-electron chi connectivity index (χ4n) is 3.93. The van der Waals surface area contributed by atoms with Gasteiger partial charge in [0.15, 0.2) is 0 Å². The maximum Gasteiger partial charge on any atom is 0.391 e. The highest BCUT2D eigenvalue weighted by molar-refractivity contribution is 5.28. The van der Waals surface area contributed by atoms with Crippen molar-refractivity contribution >= 4 is 0 Å². The number of halogens is 3. The first-order valence-corrected chi connectivity index (χ1v) is 7.63. The van der Waals surface area contributed by atoms with Gasteiger partial charge in [-0.3, -0.25) is 4.98 Å². The van der Waals surface area contributed by atoms with Gasteiger partial charge in [-0.15, -0.1) is 0 Å². The Hall–Kier alpha value is -1.10. The minimum Gasteiger partial charge on any atom is -0.389 e. The molecule has 1 unspecified atom stereocenters. The van der Waals surface area contributed by atoms with E-state index in [1.54, 1.807) is 6.20 Å². The highest BCUT2D eigenvalue weighted by Crippen LogP contribution is 2.49. The van der Waals surface area contributed by atoms with E-state index >= 15 is 0 Å². The van der Waals surface area contributed by atoms with Gasteiger partial charge in [0.2, 0.25) is 0 Å². The molecule has 1 aromatic rings. The number of fused-ring (bicyclic) bond motifs is 1. The molecule has 0 radical (unpaired) electrons. The van der Waals surface area contributed by atoms with E-state index in [0.717, 1.165) is 30.5 Å². The molecule has 1 atom stereocenters. The van der Waals surface area contributed by atoms with Crippen LogP contribution in [0.3, 0.4) is 0 Å². The average molecular weight is 299 g/mol. The molecule has 0 aliphatic heterocycles. The van der Waals surface area contributed by atoms with E-state index in [9.17, 15) is 18.3 Å². The summed E-state index contributed by atoms with van der Waals surface area (Å²) >= 11 is 0. The van der Waals surface area contributed by atoms with Crippen LogP contribution in [0.5, 0.6) is 0 Å². The average Bonchev–Trinajstić information content (AvgIpc) is 2.46. The van der Waals surface area contributed by atoms with Gasteiger partial charge >= 0.3 is 6.18 Å². The van der Waals surface area contributed by atoms with Crippen molar-refractivity contribution in [1.82, 2.24) is 4.98 Å². The summed E-state index contributed by atoms with van der Waals surface area (Å²) in [5, 5.41) is 10.9. The van der Waals surface area contributed by atoms with E-state index in [-0.39, 0.29) is 31.6 Å². The Morgan fingerprint density at radius 3 is 2.57 bits per heavy atom. The molecule has 2 nitrogen and oxygen atoms in total. The monoisotopic (exact) mass is 299 g/mol. The van der Waals surface area contributed by atoms with E-state index in [1.165, 1.54) is 0 Å². The molecule has 3 rings (SSSR count). The zero-order chi connectivity index (χ0) is 15.1. The Morgan fingerprint density at radius 2 is 1.90 bits per heavy atom. The number of aromatic nitrogens is 1. The minimum atomic E-state index is -4.13. The van der Waals surface area contributed by atoms with Crippen molar-refractivity contribution in [2.75, 3.05) is 0 Å². The summed E-state index contributed by atoms with van der Waals surface area (Å²) < 4.78 is 38.3. The number of alkyl halides is 3.